The Balaban J connectivity index is 1.97. The summed E-state index contributed by atoms with van der Waals surface area (Å²) in [4.78, 5) is 13.9. The van der Waals surface area contributed by atoms with Crippen LogP contribution in [0.15, 0.2) is 6.07 Å². The van der Waals surface area contributed by atoms with Crippen molar-refractivity contribution in [3.8, 4) is 0 Å². The Morgan fingerprint density at radius 3 is 2.55 bits per heavy atom. The first-order valence-corrected chi connectivity index (χ1v) is 7.42. The van der Waals surface area contributed by atoms with Gasteiger partial charge in [0.25, 0.3) is 0 Å². The summed E-state index contributed by atoms with van der Waals surface area (Å²) in [7, 11) is 1.96. The summed E-state index contributed by atoms with van der Waals surface area (Å²) < 4.78 is 1.92. The number of carboxylic acid groups (broad SMARTS) is 1. The van der Waals surface area contributed by atoms with E-state index in [2.05, 4.69) is 23.0 Å². The lowest BCUT2D eigenvalue weighted by molar-refractivity contribution is -0.152. The van der Waals surface area contributed by atoms with Crippen LogP contribution in [0.4, 0.5) is 0 Å². The molecule has 0 aromatic carbocycles. The van der Waals surface area contributed by atoms with Crippen molar-refractivity contribution in [1.82, 2.24) is 14.7 Å². The normalized spacial score (nSPS) is 19.1. The van der Waals surface area contributed by atoms with Gasteiger partial charge in [-0.15, -0.1) is 0 Å². The van der Waals surface area contributed by atoms with Crippen LogP contribution in [0, 0.1) is 12.3 Å². The lowest BCUT2D eigenvalue weighted by Crippen LogP contribution is -2.44. The molecule has 0 amide bonds. The number of aryl methyl sites for hydroxylation is 2. The first kappa shape index (κ1) is 15.0. The molecule has 1 fully saturated rings. The van der Waals surface area contributed by atoms with Gasteiger partial charge in [0.2, 0.25) is 0 Å². The van der Waals surface area contributed by atoms with Crippen molar-refractivity contribution in [3.63, 3.8) is 0 Å². The lowest BCUT2D eigenvalue weighted by Gasteiger charge is -2.38. The Kier molecular flexibility index (Phi) is 4.48. The highest BCUT2D eigenvalue weighted by atomic mass is 16.4. The van der Waals surface area contributed by atoms with Crippen molar-refractivity contribution in [2.75, 3.05) is 13.1 Å². The fraction of sp³-hybridized carbons (Fsp3) is 0.733. The fourth-order valence-electron chi connectivity index (χ4n) is 3.23. The van der Waals surface area contributed by atoms with Gasteiger partial charge in [-0.1, -0.05) is 13.3 Å². The molecule has 1 aliphatic heterocycles. The van der Waals surface area contributed by atoms with Crippen molar-refractivity contribution >= 4 is 5.97 Å². The van der Waals surface area contributed by atoms with Crippen LogP contribution in [0.3, 0.4) is 0 Å². The van der Waals surface area contributed by atoms with Crippen molar-refractivity contribution in [3.05, 3.63) is 17.5 Å². The largest absolute Gasteiger partial charge is 0.481 e. The molecular formula is C15H25N3O2. The summed E-state index contributed by atoms with van der Waals surface area (Å²) >= 11 is 0. The molecule has 0 radical (unpaired) electrons. The number of aliphatic carboxylic acids is 1. The number of nitrogens with zero attached hydrogens (tertiary/aromatic N) is 3. The number of rotatable bonds is 5. The molecule has 2 rings (SSSR count). The first-order valence-electron chi connectivity index (χ1n) is 7.42. The van der Waals surface area contributed by atoms with Crippen LogP contribution in [0.1, 0.15) is 44.0 Å². The smallest absolute Gasteiger partial charge is 0.309 e. The molecular weight excluding hydrogens is 254 g/mol. The first-order chi connectivity index (χ1) is 9.47. The highest BCUT2D eigenvalue weighted by Gasteiger charge is 2.40. The predicted molar refractivity (Wildman–Crippen MR) is 77.4 cm³/mol. The van der Waals surface area contributed by atoms with E-state index in [9.17, 15) is 9.90 Å². The van der Waals surface area contributed by atoms with Gasteiger partial charge in [-0.3, -0.25) is 14.4 Å². The molecule has 0 aliphatic carbocycles. The third-order valence-electron chi connectivity index (χ3n) is 4.48. The minimum Gasteiger partial charge on any atom is -0.481 e. The van der Waals surface area contributed by atoms with Gasteiger partial charge < -0.3 is 5.11 Å². The van der Waals surface area contributed by atoms with Gasteiger partial charge in [0, 0.05) is 13.6 Å². The molecule has 0 unspecified atom stereocenters. The summed E-state index contributed by atoms with van der Waals surface area (Å²) in [6.07, 6.45) is 3.24. The van der Waals surface area contributed by atoms with E-state index >= 15 is 0 Å². The van der Waals surface area contributed by atoms with Gasteiger partial charge in [0.15, 0.2) is 0 Å². The Bertz CT molecular complexity index is 473. The molecule has 5 heteroatoms. The minimum absolute atomic E-state index is 0.492. The van der Waals surface area contributed by atoms with E-state index in [1.54, 1.807) is 0 Å². The van der Waals surface area contributed by atoms with Gasteiger partial charge >= 0.3 is 5.97 Å². The van der Waals surface area contributed by atoms with Crippen LogP contribution in [0.5, 0.6) is 0 Å². The fourth-order valence-corrected chi connectivity index (χ4v) is 3.23. The maximum absolute atomic E-state index is 11.6. The van der Waals surface area contributed by atoms with E-state index in [-0.39, 0.29) is 0 Å². The van der Waals surface area contributed by atoms with Crippen LogP contribution >= 0.6 is 0 Å². The number of piperidine rings is 1. The molecule has 20 heavy (non-hydrogen) atoms. The Labute approximate surface area is 120 Å². The summed E-state index contributed by atoms with van der Waals surface area (Å²) in [6, 6.07) is 2.10. The molecule has 112 valence electrons. The van der Waals surface area contributed by atoms with Crippen molar-refractivity contribution in [2.24, 2.45) is 12.5 Å². The SMILES string of the molecule is CCCC1(C(=O)O)CCN(Cc2cc(C)nn2C)CC1. The van der Waals surface area contributed by atoms with Gasteiger partial charge in [-0.05, 0) is 45.3 Å². The zero-order chi connectivity index (χ0) is 14.8. The molecule has 1 N–H and O–H groups in total. The van der Waals surface area contributed by atoms with Crippen molar-refractivity contribution < 1.29 is 9.90 Å². The molecule has 0 spiro atoms. The van der Waals surface area contributed by atoms with E-state index in [1.807, 2.05) is 18.7 Å². The van der Waals surface area contributed by atoms with E-state index < -0.39 is 11.4 Å². The molecule has 1 aromatic rings. The molecule has 2 heterocycles. The van der Waals surface area contributed by atoms with Gasteiger partial charge in [-0.2, -0.15) is 5.10 Å². The predicted octanol–water partition coefficient (Wildman–Crippen LogP) is 2.20. The number of aromatic nitrogens is 2. The maximum atomic E-state index is 11.6. The quantitative estimate of drug-likeness (QED) is 0.897. The molecule has 1 saturated heterocycles. The number of carboxylic acids is 1. The lowest BCUT2D eigenvalue weighted by atomic mass is 9.75. The monoisotopic (exact) mass is 279 g/mol. The molecule has 0 atom stereocenters. The van der Waals surface area contributed by atoms with Gasteiger partial charge in [-0.25, -0.2) is 0 Å². The van der Waals surface area contributed by atoms with Gasteiger partial charge in [0.05, 0.1) is 16.8 Å². The average molecular weight is 279 g/mol. The molecule has 1 aliphatic rings. The summed E-state index contributed by atoms with van der Waals surface area (Å²) in [6.45, 7) is 6.64. The van der Waals surface area contributed by atoms with E-state index in [4.69, 9.17) is 0 Å². The van der Waals surface area contributed by atoms with E-state index in [0.717, 1.165) is 51.0 Å². The summed E-state index contributed by atoms with van der Waals surface area (Å²) in [5.41, 5.74) is 1.74. The second-order valence-corrected chi connectivity index (χ2v) is 6.01. The number of likely N-dealkylation sites (tertiary alicyclic amines) is 1. The number of hydrogen-bond donors (Lipinski definition) is 1. The second kappa shape index (κ2) is 5.95. The highest BCUT2D eigenvalue weighted by molar-refractivity contribution is 5.74. The zero-order valence-electron chi connectivity index (χ0n) is 12.7. The molecule has 0 saturated carbocycles. The van der Waals surface area contributed by atoms with Crippen LogP contribution in [-0.2, 0) is 18.4 Å². The van der Waals surface area contributed by atoms with Crippen LogP contribution < -0.4 is 0 Å². The number of carbonyl (C=O) groups is 1. The number of hydrogen-bond acceptors (Lipinski definition) is 3. The second-order valence-electron chi connectivity index (χ2n) is 6.01. The molecule has 0 bridgehead atoms. The van der Waals surface area contributed by atoms with Crippen LogP contribution in [0.2, 0.25) is 0 Å². The summed E-state index contributed by atoms with van der Waals surface area (Å²) in [5.74, 6) is -0.615. The third kappa shape index (κ3) is 3.03. The van der Waals surface area contributed by atoms with Crippen LogP contribution in [0.25, 0.3) is 0 Å². The van der Waals surface area contributed by atoms with E-state index in [0.29, 0.717) is 0 Å². The summed E-state index contributed by atoms with van der Waals surface area (Å²) in [5, 5.41) is 13.9. The zero-order valence-corrected chi connectivity index (χ0v) is 12.7. The molecule has 5 nitrogen and oxygen atoms in total. The Morgan fingerprint density at radius 1 is 1.45 bits per heavy atom. The standard InChI is InChI=1S/C15H25N3O2/c1-4-5-15(14(19)20)6-8-18(9-7-15)11-13-10-12(2)16-17(13)3/h10H,4-9,11H2,1-3H3,(H,19,20). The van der Waals surface area contributed by atoms with E-state index in [1.165, 1.54) is 5.69 Å². The average Bonchev–Trinajstić information content (AvgIpc) is 2.70. The van der Waals surface area contributed by atoms with Crippen molar-refractivity contribution in [2.45, 2.75) is 46.1 Å². The Morgan fingerprint density at radius 2 is 2.10 bits per heavy atom. The van der Waals surface area contributed by atoms with Crippen LogP contribution in [-0.4, -0.2) is 38.8 Å². The van der Waals surface area contributed by atoms with Crippen molar-refractivity contribution in [1.29, 1.82) is 0 Å². The highest BCUT2D eigenvalue weighted by Crippen LogP contribution is 2.36. The minimum atomic E-state index is -0.615. The molecule has 1 aromatic heterocycles. The third-order valence-corrected chi connectivity index (χ3v) is 4.48. The topological polar surface area (TPSA) is 58.4 Å². The maximum Gasteiger partial charge on any atom is 0.309 e. The Hall–Kier alpha value is -1.36. The van der Waals surface area contributed by atoms with Gasteiger partial charge in [0.1, 0.15) is 0 Å².